The van der Waals surface area contributed by atoms with Gasteiger partial charge in [0.1, 0.15) is 0 Å². The molecule has 1 aliphatic rings. The van der Waals surface area contributed by atoms with Crippen LogP contribution in [0.1, 0.15) is 17.5 Å². The van der Waals surface area contributed by atoms with Crippen LogP contribution in [0.5, 0.6) is 0 Å². The van der Waals surface area contributed by atoms with E-state index in [2.05, 4.69) is 46.3 Å². The number of nitrogens with zero attached hydrogens (tertiary/aromatic N) is 1. The van der Waals surface area contributed by atoms with Crippen LogP contribution in [0.2, 0.25) is 5.02 Å². The third-order valence-electron chi connectivity index (χ3n) is 5.07. The Labute approximate surface area is 152 Å². The maximum Gasteiger partial charge on any atom is 0.255 e. The lowest BCUT2D eigenvalue weighted by Crippen LogP contribution is -2.20. The molecule has 1 saturated heterocycles. The first-order chi connectivity index (χ1) is 12.2. The number of hydrogen-bond donors (Lipinski definition) is 1. The molecule has 4 heteroatoms. The molecule has 0 bridgehead atoms. The van der Waals surface area contributed by atoms with Gasteiger partial charge in [-0.05, 0) is 60.0 Å². The average molecular weight is 353 g/mol. The maximum absolute atomic E-state index is 11.9. The molecule has 3 aromatic rings. The zero-order chi connectivity index (χ0) is 17.2. The Morgan fingerprint density at radius 3 is 2.84 bits per heavy atom. The average Bonchev–Trinajstić information content (AvgIpc) is 3.04. The van der Waals surface area contributed by atoms with Crippen molar-refractivity contribution in [2.75, 3.05) is 13.1 Å². The van der Waals surface area contributed by atoms with E-state index in [1.54, 1.807) is 6.20 Å². The van der Waals surface area contributed by atoms with Gasteiger partial charge in [-0.2, -0.15) is 0 Å². The zero-order valence-corrected chi connectivity index (χ0v) is 14.8. The highest BCUT2D eigenvalue weighted by atomic mass is 35.5. The molecular weight excluding hydrogens is 332 g/mol. The molecule has 0 unspecified atom stereocenters. The van der Waals surface area contributed by atoms with Gasteiger partial charge in [0.2, 0.25) is 0 Å². The largest absolute Gasteiger partial charge is 0.329 e. The highest BCUT2D eigenvalue weighted by Gasteiger charge is 2.23. The van der Waals surface area contributed by atoms with Gasteiger partial charge in [-0.1, -0.05) is 41.9 Å². The second-order valence-electron chi connectivity index (χ2n) is 6.92. The Morgan fingerprint density at radius 2 is 2.00 bits per heavy atom. The van der Waals surface area contributed by atoms with E-state index < -0.39 is 0 Å². The van der Waals surface area contributed by atoms with Crippen LogP contribution in [-0.2, 0) is 13.0 Å². The van der Waals surface area contributed by atoms with Crippen molar-refractivity contribution in [2.24, 2.45) is 5.92 Å². The van der Waals surface area contributed by atoms with Crippen LogP contribution in [0.15, 0.2) is 59.5 Å². The number of H-pyrrole nitrogens is 1. The quantitative estimate of drug-likeness (QED) is 0.762. The van der Waals surface area contributed by atoms with Crippen molar-refractivity contribution in [3.05, 3.63) is 81.2 Å². The van der Waals surface area contributed by atoms with E-state index in [1.807, 2.05) is 12.1 Å². The molecule has 128 valence electrons. The lowest BCUT2D eigenvalue weighted by atomic mass is 9.97. The molecule has 0 spiro atoms. The second-order valence-corrected chi connectivity index (χ2v) is 7.32. The first-order valence-corrected chi connectivity index (χ1v) is 9.13. The summed E-state index contributed by atoms with van der Waals surface area (Å²) < 4.78 is 0. The van der Waals surface area contributed by atoms with Gasteiger partial charge in [-0.25, -0.2) is 0 Å². The summed E-state index contributed by atoms with van der Waals surface area (Å²) in [5.41, 5.74) is 2.43. The van der Waals surface area contributed by atoms with Gasteiger partial charge in [-0.15, -0.1) is 0 Å². The Hall–Kier alpha value is -2.10. The molecule has 1 atom stereocenters. The minimum Gasteiger partial charge on any atom is -0.329 e. The number of rotatable bonds is 4. The Morgan fingerprint density at radius 1 is 1.16 bits per heavy atom. The van der Waals surface area contributed by atoms with Crippen LogP contribution in [0.3, 0.4) is 0 Å². The molecule has 1 aliphatic heterocycles. The van der Waals surface area contributed by atoms with Crippen LogP contribution < -0.4 is 5.56 Å². The van der Waals surface area contributed by atoms with Crippen LogP contribution in [0.25, 0.3) is 10.8 Å². The number of benzene rings is 2. The summed E-state index contributed by atoms with van der Waals surface area (Å²) >= 11 is 6.45. The minimum absolute atomic E-state index is 0.0825. The smallest absolute Gasteiger partial charge is 0.255 e. The molecule has 0 radical (unpaired) electrons. The fourth-order valence-corrected chi connectivity index (χ4v) is 4.03. The van der Waals surface area contributed by atoms with Crippen LogP contribution in [-0.4, -0.2) is 23.0 Å². The summed E-state index contributed by atoms with van der Waals surface area (Å²) in [6.07, 6.45) is 3.85. The number of fused-ring (bicyclic) bond motifs is 1. The van der Waals surface area contributed by atoms with E-state index in [0.29, 0.717) is 16.3 Å². The Bertz CT molecular complexity index is 936. The predicted molar refractivity (Wildman–Crippen MR) is 103 cm³/mol. The molecule has 1 aromatic heterocycles. The van der Waals surface area contributed by atoms with Gasteiger partial charge in [0, 0.05) is 29.7 Å². The molecule has 3 nitrogen and oxygen atoms in total. The van der Waals surface area contributed by atoms with E-state index in [0.717, 1.165) is 37.0 Å². The van der Waals surface area contributed by atoms with Crippen molar-refractivity contribution >= 4 is 22.4 Å². The van der Waals surface area contributed by atoms with Crippen LogP contribution in [0, 0.1) is 5.92 Å². The van der Waals surface area contributed by atoms with Crippen molar-refractivity contribution in [1.82, 2.24) is 9.88 Å². The summed E-state index contributed by atoms with van der Waals surface area (Å²) in [5.74, 6) is 0.612. The topological polar surface area (TPSA) is 36.1 Å². The maximum atomic E-state index is 11.9. The molecule has 25 heavy (non-hydrogen) atoms. The van der Waals surface area contributed by atoms with Crippen molar-refractivity contribution in [3.63, 3.8) is 0 Å². The van der Waals surface area contributed by atoms with Gasteiger partial charge >= 0.3 is 0 Å². The summed E-state index contributed by atoms with van der Waals surface area (Å²) in [6.45, 7) is 3.24. The molecule has 1 N–H and O–H groups in total. The van der Waals surface area contributed by atoms with Crippen molar-refractivity contribution in [3.8, 4) is 0 Å². The molecule has 4 rings (SSSR count). The number of likely N-dealkylation sites (tertiary alicyclic amines) is 1. The van der Waals surface area contributed by atoms with E-state index in [4.69, 9.17) is 11.6 Å². The summed E-state index contributed by atoms with van der Waals surface area (Å²) in [4.78, 5) is 17.1. The molecule has 0 amide bonds. The third kappa shape index (κ3) is 3.63. The normalized spacial score (nSPS) is 18.0. The van der Waals surface area contributed by atoms with E-state index in [9.17, 15) is 4.79 Å². The first kappa shape index (κ1) is 16.4. The van der Waals surface area contributed by atoms with Crippen molar-refractivity contribution in [2.45, 2.75) is 19.4 Å². The highest BCUT2D eigenvalue weighted by Crippen LogP contribution is 2.28. The van der Waals surface area contributed by atoms with Crippen molar-refractivity contribution in [1.29, 1.82) is 0 Å². The Balaban J connectivity index is 1.47. The van der Waals surface area contributed by atoms with Crippen LogP contribution in [0.4, 0.5) is 0 Å². The van der Waals surface area contributed by atoms with Gasteiger partial charge in [-0.3, -0.25) is 9.69 Å². The SMILES string of the molecule is O=c1[nH]ccc2cc(C[C@H]3CCN(Cc4ccccc4)C3)c(Cl)cc12. The van der Waals surface area contributed by atoms with Gasteiger partial charge in [0.05, 0.1) is 0 Å². The number of aromatic nitrogens is 1. The van der Waals surface area contributed by atoms with E-state index >= 15 is 0 Å². The summed E-state index contributed by atoms with van der Waals surface area (Å²) in [6, 6.07) is 16.4. The monoisotopic (exact) mass is 352 g/mol. The molecule has 0 aliphatic carbocycles. The number of aromatic amines is 1. The minimum atomic E-state index is -0.0825. The number of halogens is 1. The van der Waals surface area contributed by atoms with Crippen LogP contribution >= 0.6 is 11.6 Å². The van der Waals surface area contributed by atoms with E-state index in [-0.39, 0.29) is 5.56 Å². The van der Waals surface area contributed by atoms with Gasteiger partial charge < -0.3 is 4.98 Å². The Kier molecular flexibility index (Phi) is 4.60. The zero-order valence-electron chi connectivity index (χ0n) is 14.0. The molecule has 1 fully saturated rings. The molecule has 2 heterocycles. The second kappa shape index (κ2) is 7.03. The molecule has 0 saturated carbocycles. The predicted octanol–water partition coefficient (Wildman–Crippen LogP) is 4.25. The fraction of sp³-hybridized carbons (Fsp3) is 0.286. The lowest BCUT2D eigenvalue weighted by molar-refractivity contribution is 0.316. The summed E-state index contributed by atoms with van der Waals surface area (Å²) in [5, 5.41) is 2.32. The van der Waals surface area contributed by atoms with Gasteiger partial charge in [0.15, 0.2) is 0 Å². The third-order valence-corrected chi connectivity index (χ3v) is 5.42. The first-order valence-electron chi connectivity index (χ1n) is 8.75. The molecular formula is C21H21ClN2O. The number of nitrogens with one attached hydrogen (secondary N) is 1. The van der Waals surface area contributed by atoms with E-state index in [1.165, 1.54) is 12.0 Å². The van der Waals surface area contributed by atoms with Crippen molar-refractivity contribution < 1.29 is 0 Å². The van der Waals surface area contributed by atoms with Gasteiger partial charge in [0.25, 0.3) is 5.56 Å². The number of pyridine rings is 1. The molecule has 2 aromatic carbocycles. The fourth-order valence-electron chi connectivity index (χ4n) is 3.79. The standard InChI is InChI=1S/C21H21ClN2O/c22-20-12-19-17(6-8-23-21(19)25)11-18(20)10-16-7-9-24(14-16)13-15-4-2-1-3-5-15/h1-6,8,11-12,16H,7,9-10,13-14H2,(H,23,25)/t16-/m1/s1. The highest BCUT2D eigenvalue weighted by molar-refractivity contribution is 6.32. The number of hydrogen-bond acceptors (Lipinski definition) is 2. The lowest BCUT2D eigenvalue weighted by Gasteiger charge is -2.16. The summed E-state index contributed by atoms with van der Waals surface area (Å²) in [7, 11) is 0.